The van der Waals surface area contributed by atoms with Crippen LogP contribution in [-0.4, -0.2) is 33.5 Å². The maximum atomic E-state index is 11.6. The van der Waals surface area contributed by atoms with Crippen LogP contribution in [0.25, 0.3) is 0 Å². The summed E-state index contributed by atoms with van der Waals surface area (Å²) in [6.07, 6.45) is 1.80. The maximum absolute atomic E-state index is 11.6. The van der Waals surface area contributed by atoms with Gasteiger partial charge in [0.05, 0.1) is 0 Å². The number of hydrogen-bond donors (Lipinski definition) is 0. The van der Waals surface area contributed by atoms with Gasteiger partial charge in [-0.05, 0) is 25.5 Å². The van der Waals surface area contributed by atoms with E-state index in [1.165, 1.54) is 6.08 Å². The second-order valence-corrected chi connectivity index (χ2v) is 7.57. The third kappa shape index (κ3) is 4.26. The molecule has 1 rings (SSSR count). The predicted octanol–water partition coefficient (Wildman–Crippen LogP) is 2.46. The summed E-state index contributed by atoms with van der Waals surface area (Å²) in [5.74, 6) is -0.450. The molecule has 0 aromatic heterocycles. The molecule has 4 nitrogen and oxygen atoms in total. The van der Waals surface area contributed by atoms with Crippen LogP contribution in [0.3, 0.4) is 0 Å². The van der Waals surface area contributed by atoms with Crippen molar-refractivity contribution in [3.63, 3.8) is 0 Å². The first-order chi connectivity index (χ1) is 10.1. The number of ether oxygens (including phenoxy) is 1. The van der Waals surface area contributed by atoms with Crippen LogP contribution in [0.4, 0.5) is 0 Å². The lowest BCUT2D eigenvalue weighted by Gasteiger charge is -2.35. The number of esters is 1. The van der Waals surface area contributed by atoms with Gasteiger partial charge in [0.2, 0.25) is 0 Å². The first-order valence-corrected chi connectivity index (χ1v) is 9.20. The first-order valence-electron chi connectivity index (χ1n) is 7.31. The molecule has 116 valence electrons. The summed E-state index contributed by atoms with van der Waals surface area (Å²) < 4.78 is 17.6. The van der Waals surface area contributed by atoms with Gasteiger partial charge in [0.15, 0.2) is 0 Å². The standard InChI is InChI=1S/C16H24O4Si/c1-5-15(17)20-16(6-2)21(18-7-3,19-8-4)14-12-10-9-11-13-14/h5,9-13,16H,1,6-8H2,2-4H3. The predicted molar refractivity (Wildman–Crippen MR) is 85.5 cm³/mol. The summed E-state index contributed by atoms with van der Waals surface area (Å²) in [7, 11) is -2.87. The third-order valence-electron chi connectivity index (χ3n) is 3.11. The van der Waals surface area contributed by atoms with E-state index in [1.807, 2.05) is 51.1 Å². The van der Waals surface area contributed by atoms with Crippen LogP contribution in [0.2, 0.25) is 0 Å². The highest BCUT2D eigenvalue weighted by molar-refractivity contribution is 6.82. The average molecular weight is 308 g/mol. The van der Waals surface area contributed by atoms with Crippen LogP contribution in [0.1, 0.15) is 27.2 Å². The molecule has 0 saturated heterocycles. The number of carbonyl (C=O) groups excluding carboxylic acids is 1. The van der Waals surface area contributed by atoms with E-state index in [4.69, 9.17) is 13.6 Å². The molecule has 1 unspecified atom stereocenters. The molecule has 1 atom stereocenters. The van der Waals surface area contributed by atoms with Crippen molar-refractivity contribution >= 4 is 19.7 Å². The number of benzene rings is 1. The zero-order valence-corrected chi connectivity index (χ0v) is 14.0. The Bertz CT molecular complexity index is 441. The lowest BCUT2D eigenvalue weighted by Crippen LogP contribution is -2.64. The highest BCUT2D eigenvalue weighted by atomic mass is 28.4. The van der Waals surface area contributed by atoms with Crippen LogP contribution < -0.4 is 5.19 Å². The quantitative estimate of drug-likeness (QED) is 0.399. The van der Waals surface area contributed by atoms with E-state index in [9.17, 15) is 4.79 Å². The minimum absolute atomic E-state index is 0.412. The fourth-order valence-corrected chi connectivity index (χ4v) is 5.78. The monoisotopic (exact) mass is 308 g/mol. The molecule has 5 heteroatoms. The Balaban J connectivity index is 3.25. The van der Waals surface area contributed by atoms with E-state index >= 15 is 0 Å². The normalized spacial score (nSPS) is 12.7. The minimum atomic E-state index is -2.87. The highest BCUT2D eigenvalue weighted by Gasteiger charge is 2.49. The van der Waals surface area contributed by atoms with Gasteiger partial charge in [-0.1, -0.05) is 43.8 Å². The number of hydrogen-bond acceptors (Lipinski definition) is 4. The molecule has 0 saturated carbocycles. The van der Waals surface area contributed by atoms with Crippen molar-refractivity contribution in [2.75, 3.05) is 13.2 Å². The van der Waals surface area contributed by atoms with Gasteiger partial charge in [0.25, 0.3) is 0 Å². The fraction of sp³-hybridized carbons (Fsp3) is 0.438. The Morgan fingerprint density at radius 1 is 1.19 bits per heavy atom. The van der Waals surface area contributed by atoms with Gasteiger partial charge in [-0.3, -0.25) is 0 Å². The Kier molecular flexibility index (Phi) is 7.35. The van der Waals surface area contributed by atoms with Crippen molar-refractivity contribution in [3.8, 4) is 0 Å². The minimum Gasteiger partial charge on any atom is -0.457 e. The molecule has 1 aromatic rings. The fourth-order valence-electron chi connectivity index (χ4n) is 2.30. The van der Waals surface area contributed by atoms with Crippen molar-refractivity contribution in [3.05, 3.63) is 43.0 Å². The molecule has 0 aliphatic carbocycles. The zero-order chi connectivity index (χ0) is 15.7. The van der Waals surface area contributed by atoms with Crippen molar-refractivity contribution in [2.45, 2.75) is 32.9 Å². The van der Waals surface area contributed by atoms with Crippen molar-refractivity contribution in [1.29, 1.82) is 0 Å². The first kappa shape index (κ1) is 17.6. The van der Waals surface area contributed by atoms with Gasteiger partial charge in [-0.15, -0.1) is 0 Å². The molecule has 0 spiro atoms. The molecule has 0 N–H and O–H groups in total. The van der Waals surface area contributed by atoms with Crippen LogP contribution >= 0.6 is 0 Å². The smallest absolute Gasteiger partial charge is 0.414 e. The molecule has 0 fully saturated rings. The summed E-state index contributed by atoms with van der Waals surface area (Å²) in [5.41, 5.74) is -0.412. The zero-order valence-electron chi connectivity index (χ0n) is 13.0. The van der Waals surface area contributed by atoms with Gasteiger partial charge in [-0.25, -0.2) is 4.79 Å². The van der Waals surface area contributed by atoms with E-state index in [0.717, 1.165) is 5.19 Å². The summed E-state index contributed by atoms with van der Waals surface area (Å²) >= 11 is 0. The molecule has 0 heterocycles. The van der Waals surface area contributed by atoms with E-state index in [2.05, 4.69) is 6.58 Å². The molecule has 1 aromatic carbocycles. The molecule has 0 bridgehead atoms. The van der Waals surface area contributed by atoms with Crippen LogP contribution in [-0.2, 0) is 18.4 Å². The van der Waals surface area contributed by atoms with Crippen molar-refractivity contribution in [2.24, 2.45) is 0 Å². The third-order valence-corrected chi connectivity index (χ3v) is 7.06. The van der Waals surface area contributed by atoms with E-state index in [-0.39, 0.29) is 0 Å². The summed E-state index contributed by atoms with van der Waals surface area (Å²) in [5, 5.41) is 0.970. The Morgan fingerprint density at radius 2 is 1.76 bits per heavy atom. The maximum Gasteiger partial charge on any atom is 0.414 e. The number of rotatable bonds is 9. The molecule has 0 radical (unpaired) electrons. The largest absolute Gasteiger partial charge is 0.457 e. The van der Waals surface area contributed by atoms with Gasteiger partial charge >= 0.3 is 14.5 Å². The molecule has 0 amide bonds. The van der Waals surface area contributed by atoms with Crippen LogP contribution in [0.15, 0.2) is 43.0 Å². The highest BCUT2D eigenvalue weighted by Crippen LogP contribution is 2.20. The van der Waals surface area contributed by atoms with E-state index in [1.54, 1.807) is 0 Å². The lowest BCUT2D eigenvalue weighted by atomic mass is 10.4. The lowest BCUT2D eigenvalue weighted by molar-refractivity contribution is -0.141. The second kappa shape index (κ2) is 8.77. The Morgan fingerprint density at radius 3 is 2.19 bits per heavy atom. The SMILES string of the molecule is C=CC(=O)OC(CC)[Si](OCC)(OCC)c1ccccc1. The van der Waals surface area contributed by atoms with Gasteiger partial charge in [0.1, 0.15) is 5.73 Å². The van der Waals surface area contributed by atoms with E-state index in [0.29, 0.717) is 19.6 Å². The molecular formula is C16H24O4Si. The van der Waals surface area contributed by atoms with Gasteiger partial charge < -0.3 is 13.6 Å². The molecule has 0 aliphatic rings. The van der Waals surface area contributed by atoms with Crippen molar-refractivity contribution in [1.82, 2.24) is 0 Å². The van der Waals surface area contributed by atoms with Crippen LogP contribution in [0.5, 0.6) is 0 Å². The molecule has 21 heavy (non-hydrogen) atoms. The second-order valence-electron chi connectivity index (χ2n) is 4.44. The van der Waals surface area contributed by atoms with E-state index < -0.39 is 20.3 Å². The van der Waals surface area contributed by atoms with Gasteiger partial charge in [-0.2, -0.15) is 0 Å². The Labute approximate surface area is 128 Å². The summed E-state index contributed by atoms with van der Waals surface area (Å²) in [6, 6.07) is 9.77. The summed E-state index contributed by atoms with van der Waals surface area (Å²) in [4.78, 5) is 11.6. The topological polar surface area (TPSA) is 44.8 Å². The summed E-state index contributed by atoms with van der Waals surface area (Å²) in [6.45, 7) is 10.3. The number of carbonyl (C=O) groups is 1. The Hall–Kier alpha value is -1.43. The average Bonchev–Trinajstić information content (AvgIpc) is 2.52. The molecular weight excluding hydrogens is 284 g/mol. The van der Waals surface area contributed by atoms with Crippen molar-refractivity contribution < 1.29 is 18.4 Å². The molecule has 0 aliphatic heterocycles. The van der Waals surface area contributed by atoms with Gasteiger partial charge in [0, 0.05) is 19.3 Å². The van der Waals surface area contributed by atoms with Crippen LogP contribution in [0, 0.1) is 0 Å².